The zero-order valence-electron chi connectivity index (χ0n) is 15.6. The second-order valence-corrected chi connectivity index (χ2v) is 7.57. The summed E-state index contributed by atoms with van der Waals surface area (Å²) in [7, 11) is 0. The highest BCUT2D eigenvalue weighted by atomic mass is 16.2. The van der Waals surface area contributed by atoms with E-state index in [9.17, 15) is 9.59 Å². The van der Waals surface area contributed by atoms with Gasteiger partial charge in [0.15, 0.2) is 0 Å². The van der Waals surface area contributed by atoms with Crippen LogP contribution in [0.2, 0.25) is 0 Å². The number of benzene rings is 2. The van der Waals surface area contributed by atoms with Crippen molar-refractivity contribution in [3.05, 3.63) is 65.2 Å². The Labute approximate surface area is 155 Å². The SMILES string of the molecule is CC(C)(C)CNC(=O)c1ccc(C(=O)NCCc2ccc(N)cc2)cc1. The second-order valence-electron chi connectivity index (χ2n) is 7.57. The molecule has 0 saturated heterocycles. The molecule has 2 rings (SSSR count). The molecule has 4 N–H and O–H groups in total. The average Bonchev–Trinajstić information content (AvgIpc) is 2.61. The molecule has 0 spiro atoms. The predicted molar refractivity (Wildman–Crippen MR) is 105 cm³/mol. The highest BCUT2D eigenvalue weighted by Gasteiger charge is 2.13. The first-order chi connectivity index (χ1) is 12.2. The van der Waals surface area contributed by atoms with E-state index in [2.05, 4.69) is 31.4 Å². The van der Waals surface area contributed by atoms with E-state index in [0.29, 0.717) is 24.2 Å². The van der Waals surface area contributed by atoms with Crippen molar-refractivity contribution < 1.29 is 9.59 Å². The second kappa shape index (κ2) is 8.52. The summed E-state index contributed by atoms with van der Waals surface area (Å²) >= 11 is 0. The Balaban J connectivity index is 1.84. The number of carbonyl (C=O) groups excluding carboxylic acids is 2. The summed E-state index contributed by atoms with van der Waals surface area (Å²) in [6.45, 7) is 7.32. The lowest BCUT2D eigenvalue weighted by molar-refractivity contribution is 0.0933. The van der Waals surface area contributed by atoms with Crippen molar-refractivity contribution in [2.45, 2.75) is 27.2 Å². The van der Waals surface area contributed by atoms with E-state index < -0.39 is 0 Å². The van der Waals surface area contributed by atoms with Crippen molar-refractivity contribution in [1.82, 2.24) is 10.6 Å². The quantitative estimate of drug-likeness (QED) is 0.698. The standard InChI is InChI=1S/C21H27N3O2/c1-21(2,3)14-24-20(26)17-8-6-16(7-9-17)19(25)23-13-12-15-4-10-18(22)11-5-15/h4-11H,12-14,22H2,1-3H3,(H,23,25)(H,24,26). The monoisotopic (exact) mass is 353 g/mol. The normalized spacial score (nSPS) is 11.0. The summed E-state index contributed by atoms with van der Waals surface area (Å²) in [5.74, 6) is -0.280. The summed E-state index contributed by atoms with van der Waals surface area (Å²) in [5, 5.41) is 5.78. The Bertz CT molecular complexity index is 744. The van der Waals surface area contributed by atoms with Gasteiger partial charge in [0, 0.05) is 29.9 Å². The van der Waals surface area contributed by atoms with Crippen molar-refractivity contribution in [2.75, 3.05) is 18.8 Å². The van der Waals surface area contributed by atoms with E-state index in [1.165, 1.54) is 0 Å². The zero-order chi connectivity index (χ0) is 19.2. The Morgan fingerprint density at radius 3 is 1.85 bits per heavy atom. The van der Waals surface area contributed by atoms with Gasteiger partial charge in [-0.15, -0.1) is 0 Å². The Morgan fingerprint density at radius 2 is 1.35 bits per heavy atom. The van der Waals surface area contributed by atoms with Crippen molar-refractivity contribution in [3.8, 4) is 0 Å². The molecule has 138 valence electrons. The lowest BCUT2D eigenvalue weighted by Gasteiger charge is -2.18. The molecule has 2 aromatic rings. The lowest BCUT2D eigenvalue weighted by atomic mass is 9.97. The number of carbonyl (C=O) groups is 2. The summed E-state index contributed by atoms with van der Waals surface area (Å²) < 4.78 is 0. The van der Waals surface area contributed by atoms with Crippen molar-refractivity contribution >= 4 is 17.5 Å². The van der Waals surface area contributed by atoms with Gasteiger partial charge in [0.2, 0.25) is 0 Å². The number of nitrogens with one attached hydrogen (secondary N) is 2. The number of anilines is 1. The third-order valence-corrected chi connectivity index (χ3v) is 3.87. The zero-order valence-corrected chi connectivity index (χ0v) is 15.6. The fourth-order valence-electron chi connectivity index (χ4n) is 2.33. The number of hydrogen-bond acceptors (Lipinski definition) is 3. The van der Waals surface area contributed by atoms with Crippen molar-refractivity contribution in [2.24, 2.45) is 5.41 Å². The molecule has 0 aromatic heterocycles. The largest absolute Gasteiger partial charge is 0.399 e. The van der Waals surface area contributed by atoms with Crippen molar-refractivity contribution in [1.29, 1.82) is 0 Å². The van der Waals surface area contributed by atoms with Gasteiger partial charge in [0.1, 0.15) is 0 Å². The first-order valence-electron chi connectivity index (χ1n) is 8.75. The number of rotatable bonds is 6. The minimum Gasteiger partial charge on any atom is -0.399 e. The third kappa shape index (κ3) is 6.24. The predicted octanol–water partition coefficient (Wildman–Crippen LogP) is 3.02. The number of amides is 2. The van der Waals surface area contributed by atoms with Gasteiger partial charge in [-0.3, -0.25) is 9.59 Å². The Kier molecular flexibility index (Phi) is 6.39. The molecule has 0 aliphatic rings. The molecule has 0 aliphatic heterocycles. The van der Waals surface area contributed by atoms with Crippen LogP contribution < -0.4 is 16.4 Å². The first-order valence-corrected chi connectivity index (χ1v) is 8.75. The molecule has 0 atom stereocenters. The summed E-state index contributed by atoms with van der Waals surface area (Å²) in [6.07, 6.45) is 0.735. The van der Waals surface area contributed by atoms with Gasteiger partial charge < -0.3 is 16.4 Å². The topological polar surface area (TPSA) is 84.2 Å². The minimum atomic E-state index is -0.151. The fourth-order valence-corrected chi connectivity index (χ4v) is 2.33. The molecule has 0 fully saturated rings. The maximum Gasteiger partial charge on any atom is 0.251 e. The van der Waals surface area contributed by atoms with Crippen LogP contribution in [0.3, 0.4) is 0 Å². The molecular weight excluding hydrogens is 326 g/mol. The van der Waals surface area contributed by atoms with Crippen LogP contribution in [-0.2, 0) is 6.42 Å². The molecule has 26 heavy (non-hydrogen) atoms. The van der Waals surface area contributed by atoms with Gasteiger partial charge in [-0.25, -0.2) is 0 Å². The summed E-state index contributed by atoms with van der Waals surface area (Å²) in [4.78, 5) is 24.3. The fraction of sp³-hybridized carbons (Fsp3) is 0.333. The van der Waals surface area contributed by atoms with Gasteiger partial charge in [0.05, 0.1) is 0 Å². The molecule has 0 saturated carbocycles. The molecule has 0 unspecified atom stereocenters. The third-order valence-electron chi connectivity index (χ3n) is 3.87. The van der Waals surface area contributed by atoms with Gasteiger partial charge in [-0.1, -0.05) is 32.9 Å². The van der Waals surface area contributed by atoms with Gasteiger partial charge >= 0.3 is 0 Å². The van der Waals surface area contributed by atoms with Gasteiger partial charge in [-0.2, -0.15) is 0 Å². The molecule has 0 radical (unpaired) electrons. The Morgan fingerprint density at radius 1 is 0.846 bits per heavy atom. The van der Waals surface area contributed by atoms with Crippen LogP contribution in [0.25, 0.3) is 0 Å². The summed E-state index contributed by atoms with van der Waals surface area (Å²) in [5.41, 5.74) is 8.61. The lowest BCUT2D eigenvalue weighted by Crippen LogP contribution is -2.32. The first kappa shape index (κ1) is 19.5. The van der Waals surface area contributed by atoms with Gasteiger partial charge in [0.25, 0.3) is 11.8 Å². The number of nitrogens with two attached hydrogens (primary N) is 1. The van der Waals surface area contributed by atoms with E-state index in [0.717, 1.165) is 17.7 Å². The molecular formula is C21H27N3O2. The van der Waals surface area contributed by atoms with Crippen LogP contribution in [0.4, 0.5) is 5.69 Å². The van der Waals surface area contributed by atoms with Gasteiger partial charge in [-0.05, 0) is 53.8 Å². The van der Waals surface area contributed by atoms with Crippen LogP contribution >= 0.6 is 0 Å². The molecule has 0 aliphatic carbocycles. The molecule has 2 aromatic carbocycles. The average molecular weight is 353 g/mol. The number of nitrogen functional groups attached to an aromatic ring is 1. The smallest absolute Gasteiger partial charge is 0.251 e. The van der Waals surface area contributed by atoms with E-state index in [-0.39, 0.29) is 17.2 Å². The molecule has 2 amide bonds. The van der Waals surface area contributed by atoms with Crippen LogP contribution in [0, 0.1) is 5.41 Å². The van der Waals surface area contributed by atoms with Crippen LogP contribution in [0.5, 0.6) is 0 Å². The highest BCUT2D eigenvalue weighted by Crippen LogP contribution is 2.11. The number of hydrogen-bond donors (Lipinski definition) is 3. The molecule has 5 heteroatoms. The maximum atomic E-state index is 12.2. The molecule has 0 bridgehead atoms. The van der Waals surface area contributed by atoms with E-state index >= 15 is 0 Å². The maximum absolute atomic E-state index is 12.2. The van der Waals surface area contributed by atoms with E-state index in [1.807, 2.05) is 24.3 Å². The van der Waals surface area contributed by atoms with E-state index in [4.69, 9.17) is 5.73 Å². The van der Waals surface area contributed by atoms with Crippen LogP contribution in [-0.4, -0.2) is 24.9 Å². The van der Waals surface area contributed by atoms with Crippen LogP contribution in [0.1, 0.15) is 47.1 Å². The van der Waals surface area contributed by atoms with E-state index in [1.54, 1.807) is 24.3 Å². The molecule has 0 heterocycles. The summed E-state index contributed by atoms with van der Waals surface area (Å²) in [6, 6.07) is 14.3. The molecule has 5 nitrogen and oxygen atoms in total. The Hall–Kier alpha value is -2.82. The highest BCUT2D eigenvalue weighted by molar-refractivity contribution is 5.97. The van der Waals surface area contributed by atoms with Crippen LogP contribution in [0.15, 0.2) is 48.5 Å². The van der Waals surface area contributed by atoms with Crippen molar-refractivity contribution in [3.63, 3.8) is 0 Å². The minimum absolute atomic E-state index is 0.0277.